The number of nitrogen functional groups attached to an aromatic ring is 1. The van der Waals surface area contributed by atoms with E-state index in [1.807, 2.05) is 4.90 Å². The predicted molar refractivity (Wildman–Crippen MR) is 124 cm³/mol. The lowest BCUT2D eigenvalue weighted by Crippen LogP contribution is -2.53. The molecule has 0 saturated carbocycles. The van der Waals surface area contributed by atoms with Gasteiger partial charge in [-0.25, -0.2) is 15.0 Å². The number of carbonyl (C=O) groups is 1. The van der Waals surface area contributed by atoms with E-state index in [2.05, 4.69) is 30.0 Å². The number of hydrogen-bond acceptors (Lipinski definition) is 10. The highest BCUT2D eigenvalue weighted by molar-refractivity contribution is 6.06. The van der Waals surface area contributed by atoms with Crippen LogP contribution < -0.4 is 21.7 Å². The number of aromatic hydroxyl groups is 1. The quantitative estimate of drug-likeness (QED) is 0.388. The van der Waals surface area contributed by atoms with Crippen molar-refractivity contribution < 1.29 is 23.4 Å². The van der Waals surface area contributed by atoms with Crippen LogP contribution in [-0.2, 0) is 4.74 Å². The van der Waals surface area contributed by atoms with Gasteiger partial charge in [0.15, 0.2) is 17.3 Å². The SMILES string of the molecule is Nc1ncc(-c2ncccc2O)nc1C(=O)Nc1ncccc1N1CCC(N)(COC(F)F)CC1. The number of pyridine rings is 2. The average molecular weight is 486 g/mol. The second-order valence-corrected chi connectivity index (χ2v) is 8.11. The number of nitrogens with two attached hydrogens (primary N) is 2. The minimum absolute atomic E-state index is 0.107. The molecule has 1 fully saturated rings. The van der Waals surface area contributed by atoms with E-state index in [0.717, 1.165) is 0 Å². The molecule has 35 heavy (non-hydrogen) atoms. The van der Waals surface area contributed by atoms with E-state index in [1.54, 1.807) is 18.2 Å². The van der Waals surface area contributed by atoms with Crippen LogP contribution in [0.4, 0.5) is 26.1 Å². The summed E-state index contributed by atoms with van der Waals surface area (Å²) in [7, 11) is 0. The Labute approximate surface area is 199 Å². The Hall–Kier alpha value is -3.97. The lowest BCUT2D eigenvalue weighted by Gasteiger charge is -2.40. The van der Waals surface area contributed by atoms with Gasteiger partial charge in [-0.1, -0.05) is 0 Å². The molecule has 3 aromatic heterocycles. The predicted octanol–water partition coefficient (Wildman–Crippen LogP) is 2.01. The van der Waals surface area contributed by atoms with Gasteiger partial charge in [0.1, 0.15) is 17.1 Å². The Kier molecular flexibility index (Phi) is 6.98. The molecule has 3 aromatic rings. The standard InChI is InChI=1S/C22H24F2N8O3/c23-21(24)35-12-22(26)5-9-32(10-6-22)14-3-1-8-28-19(14)31-20(34)17-18(25)29-11-13(30-17)16-15(33)4-2-7-27-16/h1-4,7-8,11,21,33H,5-6,9-10,12,26H2,(H2,25,29)(H,28,31,34). The van der Waals surface area contributed by atoms with Crippen LogP contribution in [0.15, 0.2) is 42.9 Å². The van der Waals surface area contributed by atoms with Gasteiger partial charge in [0.05, 0.1) is 18.5 Å². The third-order valence-corrected chi connectivity index (χ3v) is 5.66. The fourth-order valence-electron chi connectivity index (χ4n) is 3.76. The van der Waals surface area contributed by atoms with Crippen LogP contribution in [0.3, 0.4) is 0 Å². The lowest BCUT2D eigenvalue weighted by molar-refractivity contribution is -0.142. The number of amides is 1. The van der Waals surface area contributed by atoms with Gasteiger partial charge in [0.25, 0.3) is 5.91 Å². The first-order chi connectivity index (χ1) is 16.8. The van der Waals surface area contributed by atoms with Gasteiger partial charge in [-0.05, 0) is 37.1 Å². The van der Waals surface area contributed by atoms with E-state index >= 15 is 0 Å². The smallest absolute Gasteiger partial charge is 0.345 e. The van der Waals surface area contributed by atoms with Crippen molar-refractivity contribution in [1.82, 2.24) is 19.9 Å². The fourth-order valence-corrected chi connectivity index (χ4v) is 3.76. The summed E-state index contributed by atoms with van der Waals surface area (Å²) >= 11 is 0. The van der Waals surface area contributed by atoms with E-state index in [9.17, 15) is 18.7 Å². The topological polar surface area (TPSA) is 165 Å². The molecule has 0 bridgehead atoms. The van der Waals surface area contributed by atoms with Crippen molar-refractivity contribution in [1.29, 1.82) is 0 Å². The first-order valence-electron chi connectivity index (χ1n) is 10.7. The maximum Gasteiger partial charge on any atom is 0.345 e. The molecule has 1 amide bonds. The molecule has 6 N–H and O–H groups in total. The monoisotopic (exact) mass is 486 g/mol. The minimum atomic E-state index is -2.87. The maximum atomic E-state index is 13.0. The van der Waals surface area contributed by atoms with E-state index in [0.29, 0.717) is 31.6 Å². The molecular weight excluding hydrogens is 462 g/mol. The van der Waals surface area contributed by atoms with E-state index in [1.165, 1.54) is 24.7 Å². The summed E-state index contributed by atoms with van der Waals surface area (Å²) < 4.78 is 29.2. The van der Waals surface area contributed by atoms with Gasteiger partial charge in [0, 0.05) is 31.0 Å². The fraction of sp³-hybridized carbons (Fsp3) is 0.318. The maximum absolute atomic E-state index is 13.0. The molecule has 13 heteroatoms. The molecule has 0 aromatic carbocycles. The molecule has 0 spiro atoms. The number of nitrogens with one attached hydrogen (secondary N) is 1. The zero-order chi connectivity index (χ0) is 25.0. The van der Waals surface area contributed by atoms with Gasteiger partial charge in [-0.3, -0.25) is 9.78 Å². The summed E-state index contributed by atoms with van der Waals surface area (Å²) in [6.07, 6.45) is 5.13. The third kappa shape index (κ3) is 5.58. The molecule has 0 aliphatic carbocycles. The van der Waals surface area contributed by atoms with Crippen LogP contribution >= 0.6 is 0 Å². The van der Waals surface area contributed by atoms with Crippen molar-refractivity contribution in [3.05, 3.63) is 48.5 Å². The first-order valence-corrected chi connectivity index (χ1v) is 10.7. The number of ether oxygens (including phenoxy) is 1. The molecule has 4 rings (SSSR count). The summed E-state index contributed by atoms with van der Waals surface area (Å²) in [6, 6.07) is 6.49. The van der Waals surface area contributed by atoms with Crippen LogP contribution in [0.2, 0.25) is 0 Å². The Morgan fingerprint density at radius 1 is 1.20 bits per heavy atom. The number of rotatable bonds is 7. The molecule has 0 atom stereocenters. The second kappa shape index (κ2) is 10.1. The Bertz CT molecular complexity index is 1200. The highest BCUT2D eigenvalue weighted by Gasteiger charge is 2.33. The van der Waals surface area contributed by atoms with Crippen molar-refractivity contribution in [2.75, 3.05) is 35.6 Å². The molecule has 0 radical (unpaired) electrons. The largest absolute Gasteiger partial charge is 0.506 e. The first kappa shape index (κ1) is 24.2. The average Bonchev–Trinajstić information content (AvgIpc) is 2.84. The van der Waals surface area contributed by atoms with Crippen LogP contribution in [-0.4, -0.2) is 62.8 Å². The summed E-state index contributed by atoms with van der Waals surface area (Å²) in [4.78, 5) is 31.6. The molecule has 184 valence electrons. The lowest BCUT2D eigenvalue weighted by atomic mass is 9.89. The Morgan fingerprint density at radius 2 is 1.91 bits per heavy atom. The summed E-state index contributed by atoms with van der Waals surface area (Å²) in [5.74, 6) is -0.616. The number of piperidine rings is 1. The molecule has 1 saturated heterocycles. The molecule has 1 aliphatic heterocycles. The van der Waals surface area contributed by atoms with Crippen molar-refractivity contribution in [3.8, 4) is 17.1 Å². The van der Waals surface area contributed by atoms with Gasteiger partial charge < -0.3 is 31.5 Å². The number of aromatic nitrogens is 4. The summed E-state index contributed by atoms with van der Waals surface area (Å²) in [5.41, 5.74) is 12.0. The third-order valence-electron chi connectivity index (χ3n) is 5.66. The Balaban J connectivity index is 1.51. The minimum Gasteiger partial charge on any atom is -0.506 e. The van der Waals surface area contributed by atoms with Crippen LogP contribution in [0.5, 0.6) is 5.75 Å². The highest BCUT2D eigenvalue weighted by atomic mass is 19.3. The molecule has 11 nitrogen and oxygen atoms in total. The van der Waals surface area contributed by atoms with Crippen LogP contribution in [0.1, 0.15) is 23.3 Å². The second-order valence-electron chi connectivity index (χ2n) is 8.11. The van der Waals surface area contributed by atoms with Crippen molar-refractivity contribution in [2.45, 2.75) is 25.0 Å². The number of halogens is 2. The molecular formula is C22H24F2N8O3. The van der Waals surface area contributed by atoms with Crippen molar-refractivity contribution in [2.24, 2.45) is 5.73 Å². The summed E-state index contributed by atoms with van der Waals surface area (Å²) in [5, 5.41) is 12.8. The van der Waals surface area contributed by atoms with Crippen LogP contribution in [0.25, 0.3) is 11.4 Å². The number of anilines is 3. The zero-order valence-electron chi connectivity index (χ0n) is 18.6. The number of carbonyl (C=O) groups excluding carboxylic acids is 1. The van der Waals surface area contributed by atoms with Gasteiger partial charge in [0.2, 0.25) is 0 Å². The molecule has 0 unspecified atom stereocenters. The van der Waals surface area contributed by atoms with E-state index in [4.69, 9.17) is 11.5 Å². The van der Waals surface area contributed by atoms with Crippen molar-refractivity contribution in [3.63, 3.8) is 0 Å². The zero-order valence-corrected chi connectivity index (χ0v) is 18.6. The van der Waals surface area contributed by atoms with E-state index in [-0.39, 0.29) is 41.1 Å². The van der Waals surface area contributed by atoms with Crippen molar-refractivity contribution >= 4 is 23.2 Å². The van der Waals surface area contributed by atoms with E-state index < -0.39 is 18.1 Å². The molecule has 4 heterocycles. The van der Waals surface area contributed by atoms with Gasteiger partial charge >= 0.3 is 6.61 Å². The van der Waals surface area contributed by atoms with Gasteiger partial charge in [-0.2, -0.15) is 8.78 Å². The van der Waals surface area contributed by atoms with Gasteiger partial charge in [-0.15, -0.1) is 0 Å². The Morgan fingerprint density at radius 3 is 2.63 bits per heavy atom. The number of nitrogens with zero attached hydrogens (tertiary/aromatic N) is 5. The van der Waals surface area contributed by atoms with Crippen LogP contribution in [0, 0.1) is 0 Å². The highest BCUT2D eigenvalue weighted by Crippen LogP contribution is 2.30. The normalized spacial score (nSPS) is 15.3. The summed E-state index contributed by atoms with van der Waals surface area (Å²) in [6.45, 7) is -2.21. The number of alkyl halides is 2. The molecule has 1 aliphatic rings. The number of hydrogen-bond donors (Lipinski definition) is 4.